The first-order chi connectivity index (χ1) is 19.0. The maximum absolute atomic E-state index is 14.1. The summed E-state index contributed by atoms with van der Waals surface area (Å²) in [6.07, 6.45) is 1.14. The van der Waals surface area contributed by atoms with Gasteiger partial charge in [0.2, 0.25) is 11.8 Å². The van der Waals surface area contributed by atoms with E-state index in [0.717, 1.165) is 33.0 Å². The number of sulfonamides is 1. The summed E-state index contributed by atoms with van der Waals surface area (Å²) in [6, 6.07) is 20.5. The highest BCUT2D eigenvalue weighted by molar-refractivity contribution is 7.92. The fourth-order valence-corrected chi connectivity index (χ4v) is 5.79. The maximum Gasteiger partial charge on any atom is 0.264 e. The molecule has 0 radical (unpaired) electrons. The molecule has 0 heterocycles. The van der Waals surface area contributed by atoms with Crippen molar-refractivity contribution < 1.29 is 18.0 Å². The molecule has 3 aromatic rings. The van der Waals surface area contributed by atoms with E-state index >= 15 is 0 Å². The maximum atomic E-state index is 14.1. The zero-order valence-electron chi connectivity index (χ0n) is 24.3. The number of hydrogen-bond donors (Lipinski definition) is 1. The molecule has 40 heavy (non-hydrogen) atoms. The van der Waals surface area contributed by atoms with Crippen LogP contribution in [0.1, 0.15) is 55.9 Å². The second-order valence-electron chi connectivity index (χ2n) is 10.3. The number of rotatable bonds is 12. The Hall–Kier alpha value is -3.65. The molecule has 0 saturated heterocycles. The van der Waals surface area contributed by atoms with Gasteiger partial charge in [-0.2, -0.15) is 0 Å². The van der Waals surface area contributed by atoms with Gasteiger partial charge in [-0.15, -0.1) is 0 Å². The third kappa shape index (κ3) is 7.50. The lowest BCUT2D eigenvalue weighted by molar-refractivity contribution is -0.140. The van der Waals surface area contributed by atoms with Gasteiger partial charge in [0.15, 0.2) is 0 Å². The SMILES string of the molecule is CC[C@@H](C)NC(=O)[C@H](CC)N(Cc1ccccc1)C(=O)CN(c1ccc(C)c(C)c1)S(=O)(=O)c1ccc(C)cc1. The minimum Gasteiger partial charge on any atom is -0.352 e. The van der Waals surface area contributed by atoms with Crippen LogP contribution in [-0.2, 0) is 26.2 Å². The van der Waals surface area contributed by atoms with Gasteiger partial charge < -0.3 is 10.2 Å². The van der Waals surface area contributed by atoms with Crippen molar-refractivity contribution in [2.24, 2.45) is 0 Å². The van der Waals surface area contributed by atoms with Crippen LogP contribution in [0.2, 0.25) is 0 Å². The smallest absolute Gasteiger partial charge is 0.264 e. The molecule has 0 aliphatic rings. The Morgan fingerprint density at radius 1 is 0.850 bits per heavy atom. The Morgan fingerprint density at radius 2 is 1.50 bits per heavy atom. The van der Waals surface area contributed by atoms with Crippen molar-refractivity contribution in [1.29, 1.82) is 0 Å². The van der Waals surface area contributed by atoms with E-state index in [0.29, 0.717) is 12.1 Å². The lowest BCUT2D eigenvalue weighted by Crippen LogP contribution is -2.53. The fourth-order valence-electron chi connectivity index (χ4n) is 4.39. The third-order valence-electron chi connectivity index (χ3n) is 7.25. The van der Waals surface area contributed by atoms with Gasteiger partial charge in [0.05, 0.1) is 10.6 Å². The van der Waals surface area contributed by atoms with Gasteiger partial charge >= 0.3 is 0 Å². The predicted molar refractivity (Wildman–Crippen MR) is 161 cm³/mol. The summed E-state index contributed by atoms with van der Waals surface area (Å²) < 4.78 is 29.1. The molecule has 1 N–H and O–H groups in total. The van der Waals surface area contributed by atoms with Gasteiger partial charge in [-0.1, -0.05) is 67.9 Å². The summed E-state index contributed by atoms with van der Waals surface area (Å²) >= 11 is 0. The number of amides is 2. The summed E-state index contributed by atoms with van der Waals surface area (Å²) in [5.74, 6) is -0.704. The second kappa shape index (κ2) is 13.6. The normalized spacial score (nSPS) is 12.8. The van der Waals surface area contributed by atoms with Crippen LogP contribution in [0, 0.1) is 20.8 Å². The van der Waals surface area contributed by atoms with E-state index < -0.39 is 28.5 Å². The average molecular weight is 564 g/mol. The minimum absolute atomic E-state index is 0.0517. The van der Waals surface area contributed by atoms with E-state index in [1.165, 1.54) is 4.90 Å². The van der Waals surface area contributed by atoms with Crippen molar-refractivity contribution in [1.82, 2.24) is 10.2 Å². The predicted octanol–water partition coefficient (Wildman–Crippen LogP) is 5.53. The van der Waals surface area contributed by atoms with E-state index in [4.69, 9.17) is 0 Å². The largest absolute Gasteiger partial charge is 0.352 e. The molecule has 0 fully saturated rings. The molecule has 3 aromatic carbocycles. The summed E-state index contributed by atoms with van der Waals surface area (Å²) in [7, 11) is -4.09. The molecule has 0 spiro atoms. The second-order valence-corrected chi connectivity index (χ2v) is 12.2. The van der Waals surface area contributed by atoms with E-state index in [1.54, 1.807) is 36.4 Å². The molecule has 0 bridgehead atoms. The van der Waals surface area contributed by atoms with Gasteiger partial charge in [0, 0.05) is 12.6 Å². The Balaban J connectivity index is 2.07. The van der Waals surface area contributed by atoms with Crippen LogP contribution in [0.3, 0.4) is 0 Å². The molecule has 0 aromatic heterocycles. The van der Waals surface area contributed by atoms with E-state index in [2.05, 4.69) is 5.32 Å². The van der Waals surface area contributed by atoms with E-state index in [-0.39, 0.29) is 23.4 Å². The summed E-state index contributed by atoms with van der Waals surface area (Å²) in [5, 5.41) is 3.00. The van der Waals surface area contributed by atoms with Gasteiger partial charge in [-0.05, 0) is 81.5 Å². The number of carbonyl (C=O) groups is 2. The van der Waals surface area contributed by atoms with Gasteiger partial charge in [0.25, 0.3) is 10.0 Å². The van der Waals surface area contributed by atoms with Crippen molar-refractivity contribution in [3.63, 3.8) is 0 Å². The average Bonchev–Trinajstić information content (AvgIpc) is 2.93. The zero-order valence-corrected chi connectivity index (χ0v) is 25.2. The molecule has 3 rings (SSSR count). The van der Waals surface area contributed by atoms with Crippen molar-refractivity contribution >= 4 is 27.5 Å². The Bertz CT molecular complexity index is 1410. The lowest BCUT2D eigenvalue weighted by Gasteiger charge is -2.34. The number of aryl methyl sites for hydroxylation is 3. The number of nitrogens with zero attached hydrogens (tertiary/aromatic N) is 2. The van der Waals surface area contributed by atoms with Crippen LogP contribution in [0.4, 0.5) is 5.69 Å². The lowest BCUT2D eigenvalue weighted by atomic mass is 10.1. The highest BCUT2D eigenvalue weighted by Gasteiger charge is 2.34. The van der Waals surface area contributed by atoms with Crippen molar-refractivity contribution in [2.75, 3.05) is 10.8 Å². The number of anilines is 1. The summed E-state index contributed by atoms with van der Waals surface area (Å²) in [5.41, 5.74) is 4.11. The van der Waals surface area contributed by atoms with Crippen LogP contribution < -0.4 is 9.62 Å². The highest BCUT2D eigenvalue weighted by Crippen LogP contribution is 2.27. The Labute approximate surface area is 239 Å². The molecular formula is C32H41N3O4S. The molecule has 8 heteroatoms. The Kier molecular flexibility index (Phi) is 10.5. The molecule has 0 aliphatic carbocycles. The van der Waals surface area contributed by atoms with Crippen LogP contribution in [0.25, 0.3) is 0 Å². The number of nitrogens with one attached hydrogen (secondary N) is 1. The number of hydrogen-bond acceptors (Lipinski definition) is 4. The molecule has 0 aliphatic heterocycles. The van der Waals surface area contributed by atoms with Crippen LogP contribution in [-0.4, -0.2) is 43.8 Å². The first-order valence-electron chi connectivity index (χ1n) is 13.8. The van der Waals surface area contributed by atoms with Crippen molar-refractivity contribution in [3.05, 3.63) is 95.1 Å². The summed E-state index contributed by atoms with van der Waals surface area (Å²) in [6.45, 7) is 11.2. The topological polar surface area (TPSA) is 86.8 Å². The van der Waals surface area contributed by atoms with Gasteiger partial charge in [-0.25, -0.2) is 8.42 Å². The van der Waals surface area contributed by atoms with E-state index in [1.807, 2.05) is 77.9 Å². The standard InChI is InChI=1S/C32H41N3O4S/c1-7-26(6)33-32(37)30(8-2)34(21-27-12-10-9-11-13-27)31(36)22-35(28-17-16-24(4)25(5)20-28)40(38,39)29-18-14-23(3)15-19-29/h9-20,26,30H,7-8,21-22H2,1-6H3,(H,33,37)/t26-,30+/m1/s1. The van der Waals surface area contributed by atoms with Gasteiger partial charge in [-0.3, -0.25) is 13.9 Å². The molecule has 0 saturated carbocycles. The first-order valence-corrected chi connectivity index (χ1v) is 15.2. The van der Waals surface area contributed by atoms with Crippen molar-refractivity contribution in [3.8, 4) is 0 Å². The molecule has 214 valence electrons. The number of carbonyl (C=O) groups excluding carboxylic acids is 2. The third-order valence-corrected chi connectivity index (χ3v) is 9.04. The minimum atomic E-state index is -4.09. The van der Waals surface area contributed by atoms with Crippen LogP contribution >= 0.6 is 0 Å². The van der Waals surface area contributed by atoms with Gasteiger partial charge in [0.1, 0.15) is 12.6 Å². The molecule has 2 amide bonds. The quantitative estimate of drug-likeness (QED) is 0.314. The highest BCUT2D eigenvalue weighted by atomic mass is 32.2. The van der Waals surface area contributed by atoms with Crippen LogP contribution in [0.15, 0.2) is 77.7 Å². The molecule has 0 unspecified atom stereocenters. The summed E-state index contributed by atoms with van der Waals surface area (Å²) in [4.78, 5) is 29.0. The van der Waals surface area contributed by atoms with Crippen molar-refractivity contribution in [2.45, 2.75) is 77.9 Å². The van der Waals surface area contributed by atoms with Crippen LogP contribution in [0.5, 0.6) is 0 Å². The number of benzene rings is 3. The van der Waals surface area contributed by atoms with E-state index in [9.17, 15) is 18.0 Å². The zero-order chi connectivity index (χ0) is 29.4. The molecule has 7 nitrogen and oxygen atoms in total. The first kappa shape index (κ1) is 30.9. The monoisotopic (exact) mass is 563 g/mol. The molecular weight excluding hydrogens is 522 g/mol. The molecule has 2 atom stereocenters. The Morgan fingerprint density at radius 3 is 2.08 bits per heavy atom. The fraction of sp³-hybridized carbons (Fsp3) is 0.375.